The molecule has 108 valence electrons. The van der Waals surface area contributed by atoms with Gasteiger partial charge in [-0.1, -0.05) is 11.8 Å². The molecule has 0 radical (unpaired) electrons. The van der Waals surface area contributed by atoms with E-state index in [9.17, 15) is 4.39 Å². The van der Waals surface area contributed by atoms with E-state index >= 15 is 0 Å². The number of ether oxygens (including phenoxy) is 2. The van der Waals surface area contributed by atoms with Gasteiger partial charge < -0.3 is 14.6 Å². The molecule has 20 heavy (non-hydrogen) atoms. The van der Waals surface area contributed by atoms with E-state index in [2.05, 4.69) is 11.8 Å². The Bertz CT molecular complexity index is 461. The number of hydrogen-bond acceptors (Lipinski definition) is 3. The summed E-state index contributed by atoms with van der Waals surface area (Å²) in [5.74, 6) is 6.29. The van der Waals surface area contributed by atoms with Gasteiger partial charge in [0.15, 0.2) is 0 Å². The van der Waals surface area contributed by atoms with Gasteiger partial charge in [-0.3, -0.25) is 0 Å². The first-order chi connectivity index (χ1) is 9.78. The summed E-state index contributed by atoms with van der Waals surface area (Å²) in [4.78, 5) is 0. The summed E-state index contributed by atoms with van der Waals surface area (Å²) in [7, 11) is 0. The fourth-order valence-electron chi connectivity index (χ4n) is 2.09. The minimum Gasteiger partial charge on any atom is -0.491 e. The number of rotatable bonds is 4. The molecular formula is C16H19FO3. The molecule has 1 aliphatic heterocycles. The van der Waals surface area contributed by atoms with Crippen LogP contribution in [0.1, 0.15) is 25.7 Å². The highest BCUT2D eigenvalue weighted by Gasteiger charge is 2.21. The van der Waals surface area contributed by atoms with Gasteiger partial charge in [0.1, 0.15) is 24.3 Å². The number of benzene rings is 1. The lowest BCUT2D eigenvalue weighted by Crippen LogP contribution is -2.31. The van der Waals surface area contributed by atoms with Gasteiger partial charge in [-0.2, -0.15) is 0 Å². The Morgan fingerprint density at radius 1 is 1.30 bits per heavy atom. The fraction of sp³-hybridized carbons (Fsp3) is 0.500. The van der Waals surface area contributed by atoms with Crippen LogP contribution in [0.4, 0.5) is 4.39 Å². The number of aliphatic hydroxyl groups is 1. The molecule has 0 saturated carbocycles. The van der Waals surface area contributed by atoms with Crippen molar-refractivity contribution in [1.29, 1.82) is 0 Å². The first kappa shape index (κ1) is 14.8. The molecule has 1 aliphatic rings. The highest BCUT2D eigenvalue weighted by molar-refractivity contribution is 5.22. The molecule has 0 spiro atoms. The predicted octanol–water partition coefficient (Wildman–Crippen LogP) is 2.53. The van der Waals surface area contributed by atoms with Crippen LogP contribution in [0.3, 0.4) is 0 Å². The number of halogens is 1. The Morgan fingerprint density at radius 2 is 2.10 bits per heavy atom. The van der Waals surface area contributed by atoms with Gasteiger partial charge in [-0.15, -0.1) is 0 Å². The Morgan fingerprint density at radius 3 is 2.85 bits per heavy atom. The first-order valence-electron chi connectivity index (χ1n) is 6.91. The zero-order valence-corrected chi connectivity index (χ0v) is 11.3. The minimum atomic E-state index is -0.273. The summed E-state index contributed by atoms with van der Waals surface area (Å²) in [6, 6.07) is 5.97. The number of hydrogen-bond donors (Lipinski definition) is 1. The Kier molecular flexibility index (Phi) is 5.85. The van der Waals surface area contributed by atoms with Gasteiger partial charge in [0, 0.05) is 6.42 Å². The Balaban J connectivity index is 1.78. The van der Waals surface area contributed by atoms with Crippen molar-refractivity contribution in [3.63, 3.8) is 0 Å². The summed E-state index contributed by atoms with van der Waals surface area (Å²) >= 11 is 0. The Hall–Kier alpha value is -1.57. The van der Waals surface area contributed by atoms with E-state index in [1.165, 1.54) is 12.1 Å². The molecule has 0 aliphatic carbocycles. The van der Waals surface area contributed by atoms with Crippen molar-refractivity contribution in [2.45, 2.75) is 37.9 Å². The molecule has 0 aromatic heterocycles. The molecule has 1 aromatic rings. The lowest BCUT2D eigenvalue weighted by Gasteiger charge is -2.27. The van der Waals surface area contributed by atoms with Crippen molar-refractivity contribution in [3.05, 3.63) is 30.1 Å². The van der Waals surface area contributed by atoms with Crippen molar-refractivity contribution in [2.75, 3.05) is 13.2 Å². The largest absolute Gasteiger partial charge is 0.491 e. The second-order valence-electron chi connectivity index (χ2n) is 4.74. The fourth-order valence-corrected chi connectivity index (χ4v) is 2.09. The van der Waals surface area contributed by atoms with E-state index in [4.69, 9.17) is 14.6 Å². The van der Waals surface area contributed by atoms with E-state index in [0.717, 1.165) is 19.3 Å². The third kappa shape index (κ3) is 4.84. The molecule has 1 aromatic carbocycles. The molecule has 0 unspecified atom stereocenters. The van der Waals surface area contributed by atoms with E-state index in [1.54, 1.807) is 12.1 Å². The maximum atomic E-state index is 12.8. The van der Waals surface area contributed by atoms with Gasteiger partial charge >= 0.3 is 0 Å². The van der Waals surface area contributed by atoms with Crippen LogP contribution in [-0.4, -0.2) is 30.5 Å². The van der Waals surface area contributed by atoms with Crippen LogP contribution >= 0.6 is 0 Å². The SMILES string of the molecule is OCCC#C[C@@H]1CCC[C@@H](COc2ccc(F)cc2)O1. The van der Waals surface area contributed by atoms with E-state index in [0.29, 0.717) is 18.8 Å². The Labute approximate surface area is 118 Å². The maximum Gasteiger partial charge on any atom is 0.123 e. The van der Waals surface area contributed by atoms with Gasteiger partial charge in [-0.05, 0) is 43.5 Å². The second kappa shape index (κ2) is 7.88. The van der Waals surface area contributed by atoms with Crippen molar-refractivity contribution in [3.8, 4) is 17.6 Å². The first-order valence-corrected chi connectivity index (χ1v) is 6.91. The predicted molar refractivity (Wildman–Crippen MR) is 73.9 cm³/mol. The smallest absolute Gasteiger partial charge is 0.123 e. The summed E-state index contributed by atoms with van der Waals surface area (Å²) < 4.78 is 24.2. The average Bonchev–Trinajstić information content (AvgIpc) is 2.47. The lowest BCUT2D eigenvalue weighted by atomic mass is 10.0. The van der Waals surface area contributed by atoms with Crippen molar-refractivity contribution in [1.82, 2.24) is 0 Å². The van der Waals surface area contributed by atoms with Gasteiger partial charge in [0.05, 0.1) is 12.7 Å². The molecule has 0 amide bonds. The van der Waals surface area contributed by atoms with Crippen LogP contribution in [0, 0.1) is 17.7 Å². The van der Waals surface area contributed by atoms with Gasteiger partial charge in [0.25, 0.3) is 0 Å². The quantitative estimate of drug-likeness (QED) is 0.860. The monoisotopic (exact) mass is 278 g/mol. The van der Waals surface area contributed by atoms with Crippen LogP contribution in [0.2, 0.25) is 0 Å². The third-order valence-corrected chi connectivity index (χ3v) is 3.10. The topological polar surface area (TPSA) is 38.7 Å². The normalized spacial score (nSPS) is 21.9. The molecule has 2 atom stereocenters. The minimum absolute atomic E-state index is 0.0160. The zero-order chi connectivity index (χ0) is 14.2. The van der Waals surface area contributed by atoms with Crippen LogP contribution < -0.4 is 4.74 Å². The summed E-state index contributed by atoms with van der Waals surface area (Å²) in [6.07, 6.45) is 3.34. The highest BCUT2D eigenvalue weighted by atomic mass is 19.1. The third-order valence-electron chi connectivity index (χ3n) is 3.10. The molecule has 1 saturated heterocycles. The summed E-state index contributed by atoms with van der Waals surface area (Å²) in [5.41, 5.74) is 0. The van der Waals surface area contributed by atoms with E-state index in [1.807, 2.05) is 0 Å². The lowest BCUT2D eigenvalue weighted by molar-refractivity contribution is -0.0419. The molecule has 3 nitrogen and oxygen atoms in total. The maximum absolute atomic E-state index is 12.8. The highest BCUT2D eigenvalue weighted by Crippen LogP contribution is 2.20. The molecule has 1 fully saturated rings. The molecular weight excluding hydrogens is 259 g/mol. The van der Waals surface area contributed by atoms with Crippen molar-refractivity contribution >= 4 is 0 Å². The van der Waals surface area contributed by atoms with E-state index < -0.39 is 0 Å². The molecule has 1 N–H and O–H groups in total. The second-order valence-corrected chi connectivity index (χ2v) is 4.74. The molecule has 2 rings (SSSR count). The average molecular weight is 278 g/mol. The van der Waals surface area contributed by atoms with Gasteiger partial charge in [-0.25, -0.2) is 4.39 Å². The summed E-state index contributed by atoms with van der Waals surface area (Å²) in [5, 5.41) is 8.69. The van der Waals surface area contributed by atoms with Crippen LogP contribution in [0.15, 0.2) is 24.3 Å². The van der Waals surface area contributed by atoms with Crippen LogP contribution in [-0.2, 0) is 4.74 Å². The molecule has 4 heteroatoms. The van der Waals surface area contributed by atoms with Crippen LogP contribution in [0.25, 0.3) is 0 Å². The molecule has 0 bridgehead atoms. The van der Waals surface area contributed by atoms with Crippen LogP contribution in [0.5, 0.6) is 5.75 Å². The summed E-state index contributed by atoms with van der Waals surface area (Å²) in [6.45, 7) is 0.528. The molecule has 1 heterocycles. The van der Waals surface area contributed by atoms with Crippen molar-refractivity contribution < 1.29 is 19.0 Å². The zero-order valence-electron chi connectivity index (χ0n) is 11.3. The standard InChI is InChI=1S/C16H19FO3/c17-13-7-9-14(10-8-13)19-12-16-6-3-5-15(20-16)4-1-2-11-18/h7-10,15-16,18H,2-3,5-6,11-12H2/t15-,16+/m1/s1. The van der Waals surface area contributed by atoms with E-state index in [-0.39, 0.29) is 24.6 Å². The number of aliphatic hydroxyl groups excluding tert-OH is 1. The van der Waals surface area contributed by atoms with Crippen molar-refractivity contribution in [2.24, 2.45) is 0 Å². The van der Waals surface area contributed by atoms with Gasteiger partial charge in [0.2, 0.25) is 0 Å².